The van der Waals surface area contributed by atoms with Gasteiger partial charge in [0.25, 0.3) is 0 Å². The van der Waals surface area contributed by atoms with Crippen LogP contribution in [0, 0.1) is 0 Å². The lowest BCUT2D eigenvalue weighted by Crippen LogP contribution is -2.61. The fourth-order valence-electron chi connectivity index (χ4n) is 3.86. The van der Waals surface area contributed by atoms with Crippen LogP contribution in [0.2, 0.25) is 0 Å². The van der Waals surface area contributed by atoms with E-state index in [0.29, 0.717) is 13.0 Å². The van der Waals surface area contributed by atoms with Crippen molar-refractivity contribution >= 4 is 18.2 Å². The van der Waals surface area contributed by atoms with E-state index in [0.717, 1.165) is 5.56 Å². The fraction of sp³-hybridized carbons (Fsp3) is 0.607. The average Bonchev–Trinajstić information content (AvgIpc) is 2.79. The number of carbonyl (C=O) groups excluding carboxylic acids is 3. The van der Waals surface area contributed by atoms with Gasteiger partial charge in [-0.1, -0.05) is 36.4 Å². The smallest absolute Gasteiger partial charge is 0.411 e. The molecule has 2 rings (SSSR count). The molecule has 0 spiro atoms. The normalized spacial score (nSPS) is 18.9. The van der Waals surface area contributed by atoms with Gasteiger partial charge in [0, 0.05) is 6.54 Å². The molecule has 206 valence electrons. The Kier molecular flexibility index (Phi) is 10.5. The van der Waals surface area contributed by atoms with Crippen LogP contribution >= 0.6 is 0 Å². The van der Waals surface area contributed by atoms with Crippen LogP contribution in [0.15, 0.2) is 43.0 Å². The first-order chi connectivity index (χ1) is 17.2. The van der Waals surface area contributed by atoms with Gasteiger partial charge in [-0.05, 0) is 60.5 Å². The van der Waals surface area contributed by atoms with Crippen LogP contribution < -0.4 is 0 Å². The molecule has 1 heterocycles. The second-order valence-corrected chi connectivity index (χ2v) is 11.2. The summed E-state index contributed by atoms with van der Waals surface area (Å²) in [5, 5.41) is 0. The Bertz CT molecular complexity index is 921. The number of nitrogens with zero attached hydrogens (tertiary/aromatic N) is 2. The zero-order valence-electron chi connectivity index (χ0n) is 23.2. The van der Waals surface area contributed by atoms with Crippen molar-refractivity contribution in [3.05, 3.63) is 48.6 Å². The molecular weight excluding hydrogens is 476 g/mol. The average molecular weight is 519 g/mol. The van der Waals surface area contributed by atoms with Gasteiger partial charge in [0.1, 0.15) is 23.9 Å². The van der Waals surface area contributed by atoms with E-state index in [2.05, 4.69) is 6.58 Å². The highest BCUT2D eigenvalue weighted by Gasteiger charge is 2.41. The Labute approximate surface area is 220 Å². The second-order valence-electron chi connectivity index (χ2n) is 11.2. The Morgan fingerprint density at radius 3 is 2.22 bits per heavy atom. The first-order valence-electron chi connectivity index (χ1n) is 12.6. The van der Waals surface area contributed by atoms with Gasteiger partial charge in [-0.15, -0.1) is 6.58 Å². The monoisotopic (exact) mass is 518 g/mol. The molecule has 0 aromatic heterocycles. The van der Waals surface area contributed by atoms with Gasteiger partial charge in [0.2, 0.25) is 0 Å². The van der Waals surface area contributed by atoms with Crippen molar-refractivity contribution in [3.63, 3.8) is 0 Å². The number of rotatable bonds is 8. The van der Waals surface area contributed by atoms with Gasteiger partial charge < -0.3 is 18.9 Å². The van der Waals surface area contributed by atoms with Crippen LogP contribution in [0.3, 0.4) is 0 Å². The van der Waals surface area contributed by atoms with Crippen molar-refractivity contribution in [1.29, 1.82) is 0 Å². The molecule has 37 heavy (non-hydrogen) atoms. The van der Waals surface area contributed by atoms with Gasteiger partial charge in [-0.25, -0.2) is 14.4 Å². The molecule has 0 N–H and O–H groups in total. The summed E-state index contributed by atoms with van der Waals surface area (Å²) >= 11 is 0. The molecule has 9 heteroatoms. The highest BCUT2D eigenvalue weighted by atomic mass is 16.6. The van der Waals surface area contributed by atoms with E-state index in [-0.39, 0.29) is 25.8 Å². The first-order valence-corrected chi connectivity index (χ1v) is 12.6. The van der Waals surface area contributed by atoms with Crippen molar-refractivity contribution < 1.29 is 33.3 Å². The summed E-state index contributed by atoms with van der Waals surface area (Å²) in [4.78, 5) is 42.4. The minimum atomic E-state index is -0.970. The topological polar surface area (TPSA) is 94.6 Å². The molecule has 2 amide bonds. The molecule has 0 bridgehead atoms. The van der Waals surface area contributed by atoms with E-state index < -0.39 is 41.4 Å². The van der Waals surface area contributed by atoms with Gasteiger partial charge in [0.05, 0.1) is 25.3 Å². The van der Waals surface area contributed by atoms with Crippen LogP contribution in [-0.2, 0) is 30.3 Å². The number of hydrogen-bond acceptors (Lipinski definition) is 7. The predicted octanol–water partition coefficient (Wildman–Crippen LogP) is 4.94. The van der Waals surface area contributed by atoms with E-state index in [1.807, 2.05) is 30.3 Å². The zero-order valence-corrected chi connectivity index (χ0v) is 23.2. The molecule has 3 unspecified atom stereocenters. The van der Waals surface area contributed by atoms with E-state index in [9.17, 15) is 14.4 Å². The third kappa shape index (κ3) is 9.72. The Balaban J connectivity index is 2.33. The van der Waals surface area contributed by atoms with Crippen molar-refractivity contribution in [2.75, 3.05) is 19.8 Å². The zero-order chi connectivity index (χ0) is 27.8. The minimum Gasteiger partial charge on any atom is -0.458 e. The summed E-state index contributed by atoms with van der Waals surface area (Å²) < 4.78 is 22.6. The summed E-state index contributed by atoms with van der Waals surface area (Å²) in [6.45, 7) is 16.5. The van der Waals surface area contributed by atoms with Crippen LogP contribution in [0.4, 0.5) is 9.59 Å². The highest BCUT2D eigenvalue weighted by molar-refractivity contribution is 5.81. The number of carbonyl (C=O) groups is 3. The number of hydrogen-bond donors (Lipinski definition) is 0. The largest absolute Gasteiger partial charge is 0.458 e. The predicted molar refractivity (Wildman–Crippen MR) is 140 cm³/mol. The van der Waals surface area contributed by atoms with Gasteiger partial charge >= 0.3 is 18.2 Å². The Morgan fingerprint density at radius 2 is 1.65 bits per heavy atom. The van der Waals surface area contributed by atoms with Crippen molar-refractivity contribution in [3.8, 4) is 0 Å². The third-order valence-corrected chi connectivity index (χ3v) is 5.51. The van der Waals surface area contributed by atoms with Crippen molar-refractivity contribution in [2.24, 2.45) is 0 Å². The summed E-state index contributed by atoms with van der Waals surface area (Å²) in [5.41, 5.74) is -0.643. The molecule has 3 atom stereocenters. The molecule has 0 aliphatic carbocycles. The van der Waals surface area contributed by atoms with E-state index in [1.54, 1.807) is 59.4 Å². The third-order valence-electron chi connectivity index (χ3n) is 5.51. The number of amides is 2. The summed E-state index contributed by atoms with van der Waals surface area (Å²) in [5.74, 6) is -0.577. The number of morpholine rings is 1. The lowest BCUT2D eigenvalue weighted by molar-refractivity contribution is -0.160. The van der Waals surface area contributed by atoms with E-state index in [4.69, 9.17) is 18.9 Å². The van der Waals surface area contributed by atoms with Crippen LogP contribution in [0.5, 0.6) is 0 Å². The van der Waals surface area contributed by atoms with Gasteiger partial charge in [-0.3, -0.25) is 9.80 Å². The Hall–Kier alpha value is -3.07. The SMILES string of the molecule is C=CCC1COCC(CN(C(=O)OCc2ccccc2)C(C)C(=O)OC(C)(C)C)N1C(=O)OC(C)(C)C. The number of esters is 1. The van der Waals surface area contributed by atoms with Crippen LogP contribution in [-0.4, -0.2) is 77.0 Å². The van der Waals surface area contributed by atoms with Crippen LogP contribution in [0.1, 0.15) is 60.5 Å². The maximum Gasteiger partial charge on any atom is 0.411 e. The summed E-state index contributed by atoms with van der Waals surface area (Å²) in [7, 11) is 0. The molecule has 0 saturated carbocycles. The van der Waals surface area contributed by atoms with Crippen LogP contribution in [0.25, 0.3) is 0 Å². The quantitative estimate of drug-likeness (QED) is 0.273. The standard InChI is InChI=1S/C28H42N2O7/c1-9-13-22-18-34-19-23(30(22)26(33)37-28(6,7)8)16-29(20(2)24(31)36-27(3,4)5)25(32)35-17-21-14-11-10-12-15-21/h9-12,14-15,20,22-23H,1,13,16-19H2,2-8H3. The molecule has 0 radical (unpaired) electrons. The first kappa shape index (κ1) is 30.2. The van der Waals surface area contributed by atoms with Crippen molar-refractivity contribution in [1.82, 2.24) is 9.80 Å². The maximum absolute atomic E-state index is 13.3. The molecule has 9 nitrogen and oxygen atoms in total. The highest BCUT2D eigenvalue weighted by Crippen LogP contribution is 2.23. The molecule has 1 aliphatic rings. The molecule has 1 saturated heterocycles. The van der Waals surface area contributed by atoms with Gasteiger partial charge in [0.15, 0.2) is 0 Å². The molecule has 1 aromatic carbocycles. The molecule has 1 fully saturated rings. The summed E-state index contributed by atoms with van der Waals surface area (Å²) in [6.07, 6.45) is 0.978. The number of ether oxygens (including phenoxy) is 4. The van der Waals surface area contributed by atoms with Gasteiger partial charge in [-0.2, -0.15) is 0 Å². The molecule has 1 aliphatic heterocycles. The number of benzene rings is 1. The van der Waals surface area contributed by atoms with E-state index >= 15 is 0 Å². The molecular formula is C28H42N2O7. The second kappa shape index (κ2) is 12.9. The maximum atomic E-state index is 13.3. The summed E-state index contributed by atoms with van der Waals surface area (Å²) in [6, 6.07) is 7.37. The lowest BCUT2D eigenvalue weighted by atomic mass is 10.1. The lowest BCUT2D eigenvalue weighted by Gasteiger charge is -2.44. The van der Waals surface area contributed by atoms with E-state index in [1.165, 1.54) is 4.90 Å². The Morgan fingerprint density at radius 1 is 1.05 bits per heavy atom. The molecule has 1 aromatic rings. The minimum absolute atomic E-state index is 0.0130. The fourth-order valence-corrected chi connectivity index (χ4v) is 3.86. The van der Waals surface area contributed by atoms with Crippen molar-refractivity contribution in [2.45, 2.75) is 90.8 Å².